The second kappa shape index (κ2) is 6.93. The number of carbonyl (C=O) groups is 1. The minimum Gasteiger partial charge on any atom is -0.396 e. The van der Waals surface area contributed by atoms with E-state index in [1.807, 2.05) is 0 Å². The van der Waals surface area contributed by atoms with Crippen LogP contribution in [0, 0.1) is 11.7 Å². The summed E-state index contributed by atoms with van der Waals surface area (Å²) in [5, 5.41) is 12.3. The number of halogens is 2. The number of hydrogen-bond donors (Lipinski definition) is 2. The zero-order valence-electron chi connectivity index (χ0n) is 12.8. The van der Waals surface area contributed by atoms with Gasteiger partial charge in [-0.05, 0) is 31.0 Å². The van der Waals surface area contributed by atoms with Crippen LogP contribution in [0.4, 0.5) is 14.9 Å². The van der Waals surface area contributed by atoms with Crippen molar-refractivity contribution in [3.63, 3.8) is 0 Å². The molecule has 0 aliphatic carbocycles. The lowest BCUT2D eigenvalue weighted by molar-refractivity contribution is 0.195. The first-order chi connectivity index (χ1) is 11.1. The molecule has 7 heteroatoms. The number of benzene rings is 1. The van der Waals surface area contributed by atoms with Crippen LogP contribution in [0.2, 0.25) is 5.02 Å². The van der Waals surface area contributed by atoms with E-state index in [-0.39, 0.29) is 29.6 Å². The number of anilines is 1. The first-order valence-electron chi connectivity index (χ1n) is 7.93. The quantitative estimate of drug-likeness (QED) is 0.885. The highest BCUT2D eigenvalue weighted by Crippen LogP contribution is 2.26. The summed E-state index contributed by atoms with van der Waals surface area (Å²) in [5.74, 6) is -0.228. The molecule has 2 fully saturated rings. The second-order valence-corrected chi connectivity index (χ2v) is 6.67. The number of likely N-dealkylation sites (tertiary alicyclic amines) is 1. The van der Waals surface area contributed by atoms with Gasteiger partial charge in [0.05, 0.1) is 5.02 Å². The first kappa shape index (κ1) is 16.3. The zero-order chi connectivity index (χ0) is 16.4. The van der Waals surface area contributed by atoms with Crippen molar-refractivity contribution in [2.75, 3.05) is 37.7 Å². The molecule has 0 aromatic heterocycles. The van der Waals surface area contributed by atoms with Crippen LogP contribution >= 0.6 is 11.6 Å². The van der Waals surface area contributed by atoms with Crippen LogP contribution in [-0.2, 0) is 0 Å². The summed E-state index contributed by atoms with van der Waals surface area (Å²) in [6.07, 6.45) is 1.70. The lowest BCUT2D eigenvalue weighted by Crippen LogP contribution is -2.45. The Bertz CT molecular complexity index is 586. The van der Waals surface area contributed by atoms with Crippen molar-refractivity contribution in [2.24, 2.45) is 5.92 Å². The standard InChI is InChI=1S/C16H21ClFN3O2/c17-14-7-13(1-2-15(14)18)20-6-4-12(9-20)19-16(23)21-5-3-11(8-21)10-22/h1-2,7,11-12,22H,3-6,8-10H2,(H,19,23)/t11-,12-/m0/s1. The van der Waals surface area contributed by atoms with Gasteiger partial charge in [0.25, 0.3) is 0 Å². The fraction of sp³-hybridized carbons (Fsp3) is 0.562. The van der Waals surface area contributed by atoms with E-state index in [2.05, 4.69) is 10.2 Å². The summed E-state index contributed by atoms with van der Waals surface area (Å²) in [6, 6.07) is 4.69. The Morgan fingerprint density at radius 1 is 1.35 bits per heavy atom. The Morgan fingerprint density at radius 2 is 2.17 bits per heavy atom. The van der Waals surface area contributed by atoms with E-state index in [1.165, 1.54) is 6.07 Å². The highest BCUT2D eigenvalue weighted by Gasteiger charge is 2.29. The predicted molar refractivity (Wildman–Crippen MR) is 87.3 cm³/mol. The Kier molecular flexibility index (Phi) is 4.92. The molecule has 2 saturated heterocycles. The number of aliphatic hydroxyl groups excluding tert-OH is 1. The van der Waals surface area contributed by atoms with E-state index in [1.54, 1.807) is 17.0 Å². The number of rotatable bonds is 3. The van der Waals surface area contributed by atoms with Gasteiger partial charge in [0.1, 0.15) is 5.82 Å². The van der Waals surface area contributed by atoms with Crippen LogP contribution in [0.25, 0.3) is 0 Å². The van der Waals surface area contributed by atoms with Crippen LogP contribution in [0.1, 0.15) is 12.8 Å². The highest BCUT2D eigenvalue weighted by molar-refractivity contribution is 6.31. The molecular formula is C16H21ClFN3O2. The Hall–Kier alpha value is -1.53. The summed E-state index contributed by atoms with van der Waals surface area (Å²) in [5.41, 5.74) is 0.870. The third-order valence-corrected chi connectivity index (χ3v) is 4.91. The maximum Gasteiger partial charge on any atom is 0.317 e. The molecule has 0 bridgehead atoms. The topological polar surface area (TPSA) is 55.8 Å². The molecule has 2 heterocycles. The highest BCUT2D eigenvalue weighted by atomic mass is 35.5. The van der Waals surface area contributed by atoms with Gasteiger partial charge >= 0.3 is 6.03 Å². The van der Waals surface area contributed by atoms with Gasteiger partial charge in [-0.25, -0.2) is 9.18 Å². The molecule has 3 rings (SSSR count). The Balaban J connectivity index is 1.53. The lowest BCUT2D eigenvalue weighted by atomic mass is 10.1. The number of nitrogens with zero attached hydrogens (tertiary/aromatic N) is 2. The van der Waals surface area contributed by atoms with Crippen molar-refractivity contribution < 1.29 is 14.3 Å². The van der Waals surface area contributed by atoms with Gasteiger partial charge in [0.2, 0.25) is 0 Å². The Labute approximate surface area is 140 Å². The fourth-order valence-electron chi connectivity index (χ4n) is 3.23. The van der Waals surface area contributed by atoms with Crippen molar-refractivity contribution in [1.82, 2.24) is 10.2 Å². The number of nitrogens with one attached hydrogen (secondary N) is 1. The monoisotopic (exact) mass is 341 g/mol. The normalized spacial score (nSPS) is 24.3. The molecular weight excluding hydrogens is 321 g/mol. The summed E-state index contributed by atoms with van der Waals surface area (Å²) >= 11 is 5.83. The molecule has 0 spiro atoms. The molecule has 2 amide bonds. The van der Waals surface area contributed by atoms with E-state index in [9.17, 15) is 9.18 Å². The molecule has 2 atom stereocenters. The molecule has 126 valence electrons. The van der Waals surface area contributed by atoms with Crippen molar-refractivity contribution in [2.45, 2.75) is 18.9 Å². The van der Waals surface area contributed by atoms with E-state index in [0.717, 1.165) is 25.1 Å². The first-order valence-corrected chi connectivity index (χ1v) is 8.31. The van der Waals surface area contributed by atoms with E-state index < -0.39 is 5.82 Å². The molecule has 2 aliphatic heterocycles. The number of aliphatic hydroxyl groups is 1. The van der Waals surface area contributed by atoms with Gasteiger partial charge < -0.3 is 20.2 Å². The summed E-state index contributed by atoms with van der Waals surface area (Å²) in [7, 11) is 0. The molecule has 0 radical (unpaired) electrons. The van der Waals surface area contributed by atoms with Crippen molar-refractivity contribution >= 4 is 23.3 Å². The van der Waals surface area contributed by atoms with Crippen LogP contribution in [0.5, 0.6) is 0 Å². The number of urea groups is 1. The van der Waals surface area contributed by atoms with Crippen molar-refractivity contribution in [1.29, 1.82) is 0 Å². The average molecular weight is 342 g/mol. The second-order valence-electron chi connectivity index (χ2n) is 6.26. The maximum absolute atomic E-state index is 13.2. The molecule has 0 saturated carbocycles. The third-order valence-electron chi connectivity index (χ3n) is 4.62. The lowest BCUT2D eigenvalue weighted by Gasteiger charge is -2.22. The predicted octanol–water partition coefficient (Wildman–Crippen LogP) is 2.08. The smallest absolute Gasteiger partial charge is 0.317 e. The van der Waals surface area contributed by atoms with Crippen LogP contribution < -0.4 is 10.2 Å². The molecule has 1 aromatic carbocycles. The molecule has 2 aliphatic rings. The molecule has 23 heavy (non-hydrogen) atoms. The zero-order valence-corrected chi connectivity index (χ0v) is 13.6. The minimum atomic E-state index is -0.424. The summed E-state index contributed by atoms with van der Waals surface area (Å²) in [6.45, 7) is 2.93. The summed E-state index contributed by atoms with van der Waals surface area (Å²) < 4.78 is 13.2. The minimum absolute atomic E-state index is 0.0649. The average Bonchev–Trinajstić information content (AvgIpc) is 3.19. The van der Waals surface area contributed by atoms with Gasteiger partial charge in [0.15, 0.2) is 0 Å². The van der Waals surface area contributed by atoms with Crippen LogP contribution in [0.3, 0.4) is 0 Å². The summed E-state index contributed by atoms with van der Waals surface area (Å²) in [4.78, 5) is 16.1. The number of carbonyl (C=O) groups excluding carboxylic acids is 1. The SMILES string of the molecule is O=C(N[C@H]1CCN(c2ccc(F)c(Cl)c2)C1)N1CC[C@H](CO)C1. The molecule has 1 aromatic rings. The maximum atomic E-state index is 13.2. The number of amides is 2. The molecule has 2 N–H and O–H groups in total. The molecule has 0 unspecified atom stereocenters. The van der Waals surface area contributed by atoms with Crippen molar-refractivity contribution in [3.05, 3.63) is 29.0 Å². The Morgan fingerprint density at radius 3 is 2.87 bits per heavy atom. The van der Waals surface area contributed by atoms with Gasteiger partial charge in [-0.1, -0.05) is 11.6 Å². The van der Waals surface area contributed by atoms with E-state index in [0.29, 0.717) is 19.6 Å². The van der Waals surface area contributed by atoms with E-state index >= 15 is 0 Å². The molecule has 5 nitrogen and oxygen atoms in total. The van der Waals surface area contributed by atoms with Crippen LogP contribution in [0.15, 0.2) is 18.2 Å². The third kappa shape index (κ3) is 3.70. The van der Waals surface area contributed by atoms with E-state index in [4.69, 9.17) is 16.7 Å². The van der Waals surface area contributed by atoms with Crippen molar-refractivity contribution in [3.8, 4) is 0 Å². The fourth-order valence-corrected chi connectivity index (χ4v) is 3.40. The van der Waals surface area contributed by atoms with Gasteiger partial charge in [-0.15, -0.1) is 0 Å². The largest absolute Gasteiger partial charge is 0.396 e. The van der Waals surface area contributed by atoms with Crippen LogP contribution in [-0.4, -0.2) is 54.9 Å². The van der Waals surface area contributed by atoms with Gasteiger partial charge in [0, 0.05) is 50.4 Å². The van der Waals surface area contributed by atoms with Gasteiger partial charge in [-0.3, -0.25) is 0 Å². The number of hydrogen-bond acceptors (Lipinski definition) is 3. The van der Waals surface area contributed by atoms with Gasteiger partial charge in [-0.2, -0.15) is 0 Å².